The zero-order chi connectivity index (χ0) is 15.4. The van der Waals surface area contributed by atoms with Crippen molar-refractivity contribution in [3.8, 4) is 5.75 Å². The van der Waals surface area contributed by atoms with E-state index in [0.717, 1.165) is 11.3 Å². The molecule has 0 heterocycles. The summed E-state index contributed by atoms with van der Waals surface area (Å²) in [4.78, 5) is 10.3. The van der Waals surface area contributed by atoms with Crippen LogP contribution in [0.15, 0.2) is 40.9 Å². The molecular formula is C14H12BrClN2O3. The van der Waals surface area contributed by atoms with Crippen molar-refractivity contribution in [2.45, 2.75) is 6.54 Å². The van der Waals surface area contributed by atoms with E-state index in [2.05, 4.69) is 21.2 Å². The Hall–Kier alpha value is -1.79. The van der Waals surface area contributed by atoms with Gasteiger partial charge >= 0.3 is 0 Å². The lowest BCUT2D eigenvalue weighted by molar-refractivity contribution is -0.384. The minimum absolute atomic E-state index is 0.0538. The number of hydrogen-bond donors (Lipinski definition) is 1. The van der Waals surface area contributed by atoms with Gasteiger partial charge in [0.2, 0.25) is 0 Å². The van der Waals surface area contributed by atoms with Gasteiger partial charge in [0.25, 0.3) is 5.69 Å². The van der Waals surface area contributed by atoms with Gasteiger partial charge in [0.05, 0.1) is 17.1 Å². The Balaban J connectivity index is 2.09. The number of nitrogens with one attached hydrogen (secondary N) is 1. The molecule has 21 heavy (non-hydrogen) atoms. The van der Waals surface area contributed by atoms with Crippen LogP contribution in [0.3, 0.4) is 0 Å². The molecule has 0 aliphatic rings. The molecule has 2 aromatic carbocycles. The molecule has 0 atom stereocenters. The molecule has 0 unspecified atom stereocenters. The number of non-ortho nitro benzene ring substituents is 1. The number of rotatable bonds is 5. The van der Waals surface area contributed by atoms with Gasteiger partial charge in [-0.2, -0.15) is 0 Å². The molecule has 5 nitrogen and oxygen atoms in total. The zero-order valence-corrected chi connectivity index (χ0v) is 13.4. The van der Waals surface area contributed by atoms with E-state index in [0.29, 0.717) is 21.8 Å². The summed E-state index contributed by atoms with van der Waals surface area (Å²) in [7, 11) is 1.56. The van der Waals surface area contributed by atoms with Crippen LogP contribution in [0, 0.1) is 10.1 Å². The van der Waals surface area contributed by atoms with Gasteiger partial charge in [0.15, 0.2) is 0 Å². The largest absolute Gasteiger partial charge is 0.495 e. The van der Waals surface area contributed by atoms with Crippen molar-refractivity contribution in [1.82, 2.24) is 0 Å². The Labute approximate surface area is 135 Å². The number of hydrogen-bond acceptors (Lipinski definition) is 4. The van der Waals surface area contributed by atoms with Crippen LogP contribution in [0.1, 0.15) is 5.56 Å². The highest BCUT2D eigenvalue weighted by molar-refractivity contribution is 9.10. The van der Waals surface area contributed by atoms with E-state index in [1.165, 1.54) is 12.1 Å². The zero-order valence-electron chi connectivity index (χ0n) is 11.1. The highest BCUT2D eigenvalue weighted by Crippen LogP contribution is 2.28. The molecule has 2 rings (SSSR count). The normalized spacial score (nSPS) is 10.2. The molecular weight excluding hydrogens is 360 g/mol. The first-order chi connectivity index (χ1) is 10.0. The van der Waals surface area contributed by atoms with E-state index in [4.69, 9.17) is 16.3 Å². The van der Waals surface area contributed by atoms with Crippen molar-refractivity contribution in [3.05, 3.63) is 61.6 Å². The molecule has 110 valence electrons. The summed E-state index contributed by atoms with van der Waals surface area (Å²) in [5.74, 6) is 0.610. The summed E-state index contributed by atoms with van der Waals surface area (Å²) in [5, 5.41) is 14.4. The van der Waals surface area contributed by atoms with Crippen LogP contribution >= 0.6 is 27.5 Å². The number of anilines is 1. The Morgan fingerprint density at radius 3 is 2.67 bits per heavy atom. The molecule has 0 aliphatic carbocycles. The van der Waals surface area contributed by atoms with Crippen molar-refractivity contribution in [3.63, 3.8) is 0 Å². The maximum absolute atomic E-state index is 10.7. The van der Waals surface area contributed by atoms with Crippen molar-refractivity contribution >= 4 is 38.9 Å². The number of nitro groups is 1. The molecule has 0 aliphatic heterocycles. The van der Waals surface area contributed by atoms with Crippen LogP contribution in [0.4, 0.5) is 11.4 Å². The fourth-order valence-corrected chi connectivity index (χ4v) is 2.53. The van der Waals surface area contributed by atoms with Gasteiger partial charge < -0.3 is 10.1 Å². The van der Waals surface area contributed by atoms with E-state index in [1.54, 1.807) is 25.3 Å². The summed E-state index contributed by atoms with van der Waals surface area (Å²) >= 11 is 9.38. The van der Waals surface area contributed by atoms with Crippen LogP contribution in [-0.4, -0.2) is 12.0 Å². The van der Waals surface area contributed by atoms with E-state index < -0.39 is 4.92 Å². The van der Waals surface area contributed by atoms with Gasteiger partial charge in [0, 0.05) is 28.8 Å². The molecule has 0 aromatic heterocycles. The van der Waals surface area contributed by atoms with E-state index in [1.807, 2.05) is 6.07 Å². The number of benzene rings is 2. The molecule has 0 spiro atoms. The smallest absolute Gasteiger partial charge is 0.270 e. The third-order valence-electron chi connectivity index (χ3n) is 2.88. The molecule has 0 fully saturated rings. The number of halogens is 2. The molecule has 1 N–H and O–H groups in total. The topological polar surface area (TPSA) is 64.4 Å². The van der Waals surface area contributed by atoms with Crippen LogP contribution < -0.4 is 10.1 Å². The van der Waals surface area contributed by atoms with E-state index in [-0.39, 0.29) is 5.69 Å². The van der Waals surface area contributed by atoms with Crippen LogP contribution in [-0.2, 0) is 6.54 Å². The standard InChI is InChI=1S/C14H12BrClN2O3/c1-21-14-5-3-10(6-13(14)16)17-8-9-2-4-11(18(19)20)7-12(9)15/h2-7,17H,8H2,1H3. The van der Waals surface area contributed by atoms with Crippen molar-refractivity contribution in [2.24, 2.45) is 0 Å². The lowest BCUT2D eigenvalue weighted by Gasteiger charge is -2.10. The number of ether oxygens (including phenoxy) is 1. The van der Waals surface area contributed by atoms with Gasteiger partial charge in [-0.05, 0) is 29.8 Å². The summed E-state index contributed by atoms with van der Waals surface area (Å²) in [5.41, 5.74) is 1.80. The predicted octanol–water partition coefficient (Wildman–Crippen LogP) is 4.63. The molecule has 2 aromatic rings. The first kappa shape index (κ1) is 15.6. The van der Waals surface area contributed by atoms with Gasteiger partial charge in [0.1, 0.15) is 5.75 Å². The number of nitrogens with zero attached hydrogens (tertiary/aromatic N) is 1. The average molecular weight is 372 g/mol. The Morgan fingerprint density at radius 2 is 2.10 bits per heavy atom. The minimum atomic E-state index is -0.425. The second-order valence-corrected chi connectivity index (χ2v) is 5.50. The fraction of sp³-hybridized carbons (Fsp3) is 0.143. The Morgan fingerprint density at radius 1 is 1.33 bits per heavy atom. The summed E-state index contributed by atoms with van der Waals surface area (Å²) in [6, 6.07) is 10.1. The van der Waals surface area contributed by atoms with Crippen LogP contribution in [0.25, 0.3) is 0 Å². The monoisotopic (exact) mass is 370 g/mol. The number of methoxy groups -OCH3 is 1. The second kappa shape index (κ2) is 6.78. The molecule has 0 saturated heterocycles. The first-order valence-electron chi connectivity index (χ1n) is 6.01. The van der Waals surface area contributed by atoms with Crippen LogP contribution in [0.2, 0.25) is 5.02 Å². The lowest BCUT2D eigenvalue weighted by atomic mass is 10.2. The van der Waals surface area contributed by atoms with Gasteiger partial charge in [-0.1, -0.05) is 27.5 Å². The summed E-state index contributed by atoms with van der Waals surface area (Å²) in [6.45, 7) is 0.515. The van der Waals surface area contributed by atoms with Gasteiger partial charge in [-0.25, -0.2) is 0 Å². The summed E-state index contributed by atoms with van der Waals surface area (Å²) in [6.07, 6.45) is 0. The van der Waals surface area contributed by atoms with Crippen molar-refractivity contribution in [2.75, 3.05) is 12.4 Å². The van der Waals surface area contributed by atoms with Gasteiger partial charge in [-0.15, -0.1) is 0 Å². The molecule has 0 saturated carbocycles. The van der Waals surface area contributed by atoms with E-state index in [9.17, 15) is 10.1 Å². The molecule has 0 amide bonds. The average Bonchev–Trinajstić information content (AvgIpc) is 2.46. The molecule has 0 bridgehead atoms. The van der Waals surface area contributed by atoms with Crippen LogP contribution in [0.5, 0.6) is 5.75 Å². The molecule has 0 radical (unpaired) electrons. The highest BCUT2D eigenvalue weighted by atomic mass is 79.9. The lowest BCUT2D eigenvalue weighted by Crippen LogP contribution is -2.01. The minimum Gasteiger partial charge on any atom is -0.495 e. The van der Waals surface area contributed by atoms with E-state index >= 15 is 0 Å². The third kappa shape index (κ3) is 3.86. The Bertz CT molecular complexity index is 679. The Kier molecular flexibility index (Phi) is 5.03. The van der Waals surface area contributed by atoms with Crippen molar-refractivity contribution in [1.29, 1.82) is 0 Å². The highest BCUT2D eigenvalue weighted by Gasteiger charge is 2.09. The first-order valence-corrected chi connectivity index (χ1v) is 7.18. The van der Waals surface area contributed by atoms with Gasteiger partial charge in [-0.3, -0.25) is 10.1 Å². The predicted molar refractivity (Wildman–Crippen MR) is 86.1 cm³/mol. The number of nitro benzene ring substituents is 1. The quantitative estimate of drug-likeness (QED) is 0.614. The third-order valence-corrected chi connectivity index (χ3v) is 3.92. The maximum atomic E-state index is 10.7. The fourth-order valence-electron chi connectivity index (χ4n) is 1.77. The second-order valence-electron chi connectivity index (χ2n) is 4.24. The SMILES string of the molecule is COc1ccc(NCc2ccc([N+](=O)[O-])cc2Br)cc1Cl. The summed E-state index contributed by atoms with van der Waals surface area (Å²) < 4.78 is 5.77. The maximum Gasteiger partial charge on any atom is 0.270 e. The van der Waals surface area contributed by atoms with Crippen molar-refractivity contribution < 1.29 is 9.66 Å². The molecule has 7 heteroatoms.